The third-order valence-corrected chi connectivity index (χ3v) is 2.98. The molecule has 0 spiro atoms. The molecule has 18 heavy (non-hydrogen) atoms. The molecule has 0 fully saturated rings. The lowest BCUT2D eigenvalue weighted by atomic mass is 10.1. The fraction of sp³-hybridized carbons (Fsp3) is 0.500. The lowest BCUT2D eigenvalue weighted by Gasteiger charge is -2.18. The first-order valence-electron chi connectivity index (χ1n) is 6.37. The molecule has 0 bridgehead atoms. The van der Waals surface area contributed by atoms with Crippen molar-refractivity contribution in [3.63, 3.8) is 0 Å². The van der Waals surface area contributed by atoms with Gasteiger partial charge in [0.05, 0.1) is 0 Å². The zero-order valence-electron chi connectivity index (χ0n) is 11.7. The van der Waals surface area contributed by atoms with E-state index in [4.69, 9.17) is 0 Å². The van der Waals surface area contributed by atoms with E-state index in [2.05, 4.69) is 24.5 Å². The molecule has 4 nitrogen and oxygen atoms in total. The van der Waals surface area contributed by atoms with E-state index in [0.717, 1.165) is 24.2 Å². The number of rotatable bonds is 5. The molecule has 0 saturated carbocycles. The number of anilines is 1. The third-order valence-electron chi connectivity index (χ3n) is 2.98. The molecule has 0 aromatic heterocycles. The van der Waals surface area contributed by atoms with Gasteiger partial charge >= 0.3 is 6.03 Å². The molecule has 0 saturated heterocycles. The van der Waals surface area contributed by atoms with Crippen LogP contribution in [0.5, 0.6) is 0 Å². The lowest BCUT2D eigenvalue weighted by molar-refractivity contribution is 0.222. The van der Waals surface area contributed by atoms with Gasteiger partial charge in [-0.05, 0) is 38.1 Å². The summed E-state index contributed by atoms with van der Waals surface area (Å²) < 4.78 is 0. The van der Waals surface area contributed by atoms with E-state index in [1.165, 1.54) is 0 Å². The standard InChI is InChI=1S/C14H23N3O/c1-5-9-17(4)14(18)16-13-8-6-7-12(10-13)11(2)15-3/h6-8,10-11,15H,5,9H2,1-4H3,(H,16,18). The van der Waals surface area contributed by atoms with Crippen molar-refractivity contribution in [1.29, 1.82) is 0 Å². The summed E-state index contributed by atoms with van der Waals surface area (Å²) in [5.41, 5.74) is 2.00. The second kappa shape index (κ2) is 7.01. The van der Waals surface area contributed by atoms with Crippen LogP contribution in [0.3, 0.4) is 0 Å². The van der Waals surface area contributed by atoms with Crippen molar-refractivity contribution >= 4 is 11.7 Å². The average molecular weight is 249 g/mol. The van der Waals surface area contributed by atoms with Crippen molar-refractivity contribution in [2.45, 2.75) is 26.3 Å². The molecule has 2 amide bonds. The average Bonchev–Trinajstić information content (AvgIpc) is 2.38. The van der Waals surface area contributed by atoms with Gasteiger partial charge in [0.2, 0.25) is 0 Å². The van der Waals surface area contributed by atoms with E-state index in [0.29, 0.717) is 0 Å². The molecule has 0 aliphatic rings. The largest absolute Gasteiger partial charge is 0.328 e. The minimum absolute atomic E-state index is 0.0638. The van der Waals surface area contributed by atoms with Crippen LogP contribution in [0.2, 0.25) is 0 Å². The van der Waals surface area contributed by atoms with Crippen molar-refractivity contribution in [2.24, 2.45) is 0 Å². The molecular formula is C14H23N3O. The fourth-order valence-corrected chi connectivity index (χ4v) is 1.71. The van der Waals surface area contributed by atoms with Crippen LogP contribution >= 0.6 is 0 Å². The van der Waals surface area contributed by atoms with E-state index < -0.39 is 0 Å². The third kappa shape index (κ3) is 4.04. The molecule has 0 heterocycles. The van der Waals surface area contributed by atoms with Crippen molar-refractivity contribution in [3.05, 3.63) is 29.8 Å². The molecule has 4 heteroatoms. The Hall–Kier alpha value is -1.55. The highest BCUT2D eigenvalue weighted by atomic mass is 16.2. The predicted molar refractivity (Wildman–Crippen MR) is 75.9 cm³/mol. The van der Waals surface area contributed by atoms with Crippen molar-refractivity contribution < 1.29 is 4.79 Å². The first kappa shape index (κ1) is 14.5. The maximum absolute atomic E-state index is 11.9. The molecule has 0 aliphatic heterocycles. The Morgan fingerprint density at radius 3 is 2.78 bits per heavy atom. The number of hydrogen-bond acceptors (Lipinski definition) is 2. The summed E-state index contributed by atoms with van der Waals surface area (Å²) in [6, 6.07) is 8.12. The Balaban J connectivity index is 2.70. The van der Waals surface area contributed by atoms with Crippen LogP contribution in [-0.4, -0.2) is 31.6 Å². The molecule has 1 unspecified atom stereocenters. The Labute approximate surface area is 109 Å². The van der Waals surface area contributed by atoms with Crippen LogP contribution in [0.25, 0.3) is 0 Å². The van der Waals surface area contributed by atoms with Crippen LogP contribution in [0.4, 0.5) is 10.5 Å². The number of nitrogens with one attached hydrogen (secondary N) is 2. The molecule has 1 rings (SSSR count). The maximum atomic E-state index is 11.9. The number of nitrogens with zero attached hydrogens (tertiary/aromatic N) is 1. The topological polar surface area (TPSA) is 44.4 Å². The minimum atomic E-state index is -0.0638. The number of amides is 2. The van der Waals surface area contributed by atoms with Crippen molar-refractivity contribution in [2.75, 3.05) is 26.0 Å². The Kier molecular flexibility index (Phi) is 5.65. The van der Waals surface area contributed by atoms with Gasteiger partial charge in [-0.15, -0.1) is 0 Å². The number of benzene rings is 1. The predicted octanol–water partition coefficient (Wildman–Crippen LogP) is 2.84. The summed E-state index contributed by atoms with van der Waals surface area (Å²) in [5.74, 6) is 0. The van der Waals surface area contributed by atoms with Gasteiger partial charge in [0.15, 0.2) is 0 Å². The van der Waals surface area contributed by atoms with E-state index in [1.54, 1.807) is 11.9 Å². The second-order valence-electron chi connectivity index (χ2n) is 4.49. The highest BCUT2D eigenvalue weighted by Crippen LogP contribution is 2.17. The monoisotopic (exact) mass is 249 g/mol. The molecule has 2 N–H and O–H groups in total. The molecule has 0 aliphatic carbocycles. The normalized spacial score (nSPS) is 12.0. The van der Waals surface area contributed by atoms with Crippen molar-refractivity contribution in [1.82, 2.24) is 10.2 Å². The van der Waals surface area contributed by atoms with E-state index >= 15 is 0 Å². The van der Waals surface area contributed by atoms with Gasteiger partial charge in [-0.2, -0.15) is 0 Å². The summed E-state index contributed by atoms with van der Waals surface area (Å²) in [5, 5.41) is 6.09. The zero-order chi connectivity index (χ0) is 13.5. The number of hydrogen-bond donors (Lipinski definition) is 2. The van der Waals surface area contributed by atoms with Gasteiger partial charge in [0, 0.05) is 25.3 Å². The molecule has 1 aromatic rings. The first-order valence-corrected chi connectivity index (χ1v) is 6.37. The maximum Gasteiger partial charge on any atom is 0.321 e. The van der Waals surface area contributed by atoms with Gasteiger partial charge < -0.3 is 15.5 Å². The van der Waals surface area contributed by atoms with Crippen LogP contribution in [0.15, 0.2) is 24.3 Å². The van der Waals surface area contributed by atoms with Gasteiger partial charge in [0.25, 0.3) is 0 Å². The first-order chi connectivity index (χ1) is 8.58. The van der Waals surface area contributed by atoms with Crippen molar-refractivity contribution in [3.8, 4) is 0 Å². The molecular weight excluding hydrogens is 226 g/mol. The fourth-order valence-electron chi connectivity index (χ4n) is 1.71. The SMILES string of the molecule is CCCN(C)C(=O)Nc1cccc(C(C)NC)c1. The smallest absolute Gasteiger partial charge is 0.321 e. The molecule has 100 valence electrons. The van der Waals surface area contributed by atoms with Gasteiger partial charge in [-0.1, -0.05) is 19.1 Å². The number of carbonyl (C=O) groups is 1. The summed E-state index contributed by atoms with van der Waals surface area (Å²) in [6.07, 6.45) is 0.959. The van der Waals surface area contributed by atoms with E-state index in [1.807, 2.05) is 31.3 Å². The van der Waals surface area contributed by atoms with Gasteiger partial charge in [-0.25, -0.2) is 4.79 Å². The molecule has 1 atom stereocenters. The Morgan fingerprint density at radius 2 is 2.17 bits per heavy atom. The summed E-state index contributed by atoms with van der Waals surface area (Å²) >= 11 is 0. The Bertz CT molecular complexity index is 392. The van der Waals surface area contributed by atoms with Gasteiger partial charge in [0.1, 0.15) is 0 Å². The summed E-state index contributed by atoms with van der Waals surface area (Å²) in [6.45, 7) is 4.90. The zero-order valence-corrected chi connectivity index (χ0v) is 11.7. The second-order valence-corrected chi connectivity index (χ2v) is 4.49. The van der Waals surface area contributed by atoms with E-state index in [-0.39, 0.29) is 12.1 Å². The van der Waals surface area contributed by atoms with Crippen LogP contribution < -0.4 is 10.6 Å². The van der Waals surface area contributed by atoms with E-state index in [9.17, 15) is 4.79 Å². The highest BCUT2D eigenvalue weighted by Gasteiger charge is 2.08. The highest BCUT2D eigenvalue weighted by molar-refractivity contribution is 5.89. The van der Waals surface area contributed by atoms with Crippen LogP contribution in [0, 0.1) is 0 Å². The van der Waals surface area contributed by atoms with Gasteiger partial charge in [-0.3, -0.25) is 0 Å². The number of urea groups is 1. The van der Waals surface area contributed by atoms with Crippen LogP contribution in [-0.2, 0) is 0 Å². The lowest BCUT2D eigenvalue weighted by Crippen LogP contribution is -2.31. The number of carbonyl (C=O) groups excluding carboxylic acids is 1. The Morgan fingerprint density at radius 1 is 1.44 bits per heavy atom. The quantitative estimate of drug-likeness (QED) is 0.842. The summed E-state index contributed by atoms with van der Waals surface area (Å²) in [4.78, 5) is 13.5. The molecule has 1 aromatic carbocycles. The summed E-state index contributed by atoms with van der Waals surface area (Å²) in [7, 11) is 3.73. The minimum Gasteiger partial charge on any atom is -0.328 e. The van der Waals surface area contributed by atoms with Crippen LogP contribution in [0.1, 0.15) is 31.9 Å². The molecule has 0 radical (unpaired) electrons.